The first kappa shape index (κ1) is 20.1. The fourth-order valence-electron chi connectivity index (χ4n) is 4.57. The molecule has 0 radical (unpaired) electrons. The Hall–Kier alpha value is -3.15. The van der Waals surface area contributed by atoms with Gasteiger partial charge >= 0.3 is 0 Å². The van der Waals surface area contributed by atoms with Crippen molar-refractivity contribution in [1.29, 1.82) is 0 Å². The predicted molar refractivity (Wildman–Crippen MR) is 119 cm³/mol. The van der Waals surface area contributed by atoms with Crippen LogP contribution in [0.5, 0.6) is 0 Å². The van der Waals surface area contributed by atoms with Gasteiger partial charge in [0.2, 0.25) is 0 Å². The highest BCUT2D eigenvalue weighted by Crippen LogP contribution is 2.32. The third-order valence-electron chi connectivity index (χ3n) is 5.93. The summed E-state index contributed by atoms with van der Waals surface area (Å²) >= 11 is 0. The third-order valence-corrected chi connectivity index (χ3v) is 5.93. The lowest BCUT2D eigenvalue weighted by atomic mass is 9.95. The first-order valence-electron chi connectivity index (χ1n) is 10.6. The topological polar surface area (TPSA) is 79.8 Å². The van der Waals surface area contributed by atoms with Crippen LogP contribution in [-0.4, -0.2) is 20.4 Å². The summed E-state index contributed by atoms with van der Waals surface area (Å²) in [6, 6.07) is 11.3. The smallest absolute Gasteiger partial charge is 0.257 e. The van der Waals surface area contributed by atoms with Gasteiger partial charge in [0.25, 0.3) is 11.5 Å². The molecule has 0 atom stereocenters. The second-order valence-electron chi connectivity index (χ2n) is 8.22. The predicted octanol–water partition coefficient (Wildman–Crippen LogP) is 4.92. The maximum absolute atomic E-state index is 13.0. The van der Waals surface area contributed by atoms with Crippen LogP contribution < -0.4 is 10.9 Å². The summed E-state index contributed by atoms with van der Waals surface area (Å²) in [4.78, 5) is 32.0. The van der Waals surface area contributed by atoms with Crippen LogP contribution in [0.15, 0.2) is 41.2 Å². The molecule has 2 aromatic heterocycles. The highest BCUT2D eigenvalue weighted by atomic mass is 16.1. The molecule has 1 aromatic carbocycles. The summed E-state index contributed by atoms with van der Waals surface area (Å²) in [5.41, 5.74) is 4.76. The van der Waals surface area contributed by atoms with Crippen molar-refractivity contribution in [2.45, 2.75) is 58.9 Å². The number of nitrogens with zero attached hydrogens (tertiary/aromatic N) is 2. The van der Waals surface area contributed by atoms with E-state index in [1.807, 2.05) is 37.3 Å². The molecular weight excluding hydrogens is 376 g/mol. The fourth-order valence-corrected chi connectivity index (χ4v) is 4.57. The van der Waals surface area contributed by atoms with Gasteiger partial charge < -0.3 is 14.9 Å². The molecule has 2 heterocycles. The number of aryl methyl sites for hydroxylation is 2. The Morgan fingerprint density at radius 2 is 1.87 bits per heavy atom. The molecule has 0 bridgehead atoms. The Morgan fingerprint density at radius 1 is 1.10 bits per heavy atom. The van der Waals surface area contributed by atoms with Gasteiger partial charge in [-0.1, -0.05) is 31.4 Å². The quantitative estimate of drug-likeness (QED) is 0.648. The van der Waals surface area contributed by atoms with Crippen LogP contribution in [0, 0.1) is 20.8 Å². The number of amides is 1. The van der Waals surface area contributed by atoms with Gasteiger partial charge in [0.15, 0.2) is 0 Å². The number of hydrogen-bond acceptors (Lipinski definition) is 3. The van der Waals surface area contributed by atoms with Crippen molar-refractivity contribution in [2.75, 3.05) is 5.32 Å². The van der Waals surface area contributed by atoms with E-state index in [9.17, 15) is 9.59 Å². The van der Waals surface area contributed by atoms with Crippen molar-refractivity contribution < 1.29 is 4.79 Å². The van der Waals surface area contributed by atoms with Crippen molar-refractivity contribution in [3.8, 4) is 11.4 Å². The molecule has 0 spiro atoms. The molecular formula is C24H28N4O2. The Balaban J connectivity index is 1.58. The molecule has 0 aliphatic heterocycles. The van der Waals surface area contributed by atoms with E-state index in [4.69, 9.17) is 0 Å². The number of aromatic amines is 1. The minimum atomic E-state index is -0.193. The largest absolute Gasteiger partial charge is 0.345 e. The van der Waals surface area contributed by atoms with E-state index in [0.717, 1.165) is 17.0 Å². The lowest BCUT2D eigenvalue weighted by molar-refractivity contribution is 0.102. The summed E-state index contributed by atoms with van der Waals surface area (Å²) < 4.78 is 2.34. The Morgan fingerprint density at radius 3 is 2.60 bits per heavy atom. The molecule has 0 unspecified atom stereocenters. The van der Waals surface area contributed by atoms with E-state index >= 15 is 0 Å². The second kappa shape index (κ2) is 8.30. The molecule has 1 saturated carbocycles. The minimum Gasteiger partial charge on any atom is -0.345 e. The number of rotatable bonds is 4. The molecule has 156 valence electrons. The summed E-state index contributed by atoms with van der Waals surface area (Å²) in [5, 5.41) is 3.01. The number of H-pyrrole nitrogens is 1. The van der Waals surface area contributed by atoms with E-state index in [0.29, 0.717) is 28.8 Å². The van der Waals surface area contributed by atoms with Crippen LogP contribution in [0.3, 0.4) is 0 Å². The second-order valence-corrected chi connectivity index (χ2v) is 8.22. The highest BCUT2D eigenvalue weighted by molar-refractivity contribution is 6.05. The van der Waals surface area contributed by atoms with Crippen LogP contribution in [0.1, 0.15) is 65.6 Å². The number of carbonyl (C=O) groups excluding carboxylic acids is 1. The van der Waals surface area contributed by atoms with Crippen LogP contribution in [0.25, 0.3) is 11.4 Å². The van der Waals surface area contributed by atoms with Gasteiger partial charge in [0.1, 0.15) is 5.82 Å². The maximum Gasteiger partial charge on any atom is 0.257 e. The van der Waals surface area contributed by atoms with Gasteiger partial charge in [-0.2, -0.15) is 0 Å². The lowest BCUT2D eigenvalue weighted by Gasteiger charge is -2.26. The molecule has 3 aromatic rings. The Labute approximate surface area is 176 Å². The first-order valence-corrected chi connectivity index (χ1v) is 10.6. The van der Waals surface area contributed by atoms with Crippen molar-refractivity contribution >= 4 is 11.6 Å². The summed E-state index contributed by atoms with van der Waals surface area (Å²) in [7, 11) is 0. The van der Waals surface area contributed by atoms with Crippen LogP contribution >= 0.6 is 0 Å². The lowest BCUT2D eigenvalue weighted by Crippen LogP contribution is -2.17. The molecule has 4 rings (SSSR count). The average Bonchev–Trinajstić information content (AvgIpc) is 3.02. The van der Waals surface area contributed by atoms with Gasteiger partial charge in [-0.25, -0.2) is 4.98 Å². The standard InChI is InChI=1S/C24H28N4O2/c1-15-12-22(29)27-23(25-15)18-8-7-9-19(14-18)26-24(30)21-13-16(2)28(17(21)3)20-10-5-4-6-11-20/h7-9,12-14,20H,4-6,10-11H2,1-3H3,(H,26,30)(H,25,27,29). The van der Waals surface area contributed by atoms with Crippen molar-refractivity contribution in [3.63, 3.8) is 0 Å². The molecule has 1 aliphatic rings. The van der Waals surface area contributed by atoms with E-state index in [1.54, 1.807) is 6.92 Å². The first-order chi connectivity index (χ1) is 14.4. The van der Waals surface area contributed by atoms with Gasteiger partial charge in [-0.15, -0.1) is 0 Å². The number of carbonyl (C=O) groups is 1. The molecule has 0 saturated heterocycles. The van der Waals surface area contributed by atoms with Gasteiger partial charge in [0.05, 0.1) is 5.56 Å². The van der Waals surface area contributed by atoms with Gasteiger partial charge in [-0.05, 0) is 51.8 Å². The molecule has 6 nitrogen and oxygen atoms in total. The summed E-state index contributed by atoms with van der Waals surface area (Å²) in [6.45, 7) is 5.90. The van der Waals surface area contributed by atoms with E-state index in [1.165, 1.54) is 38.2 Å². The van der Waals surface area contributed by atoms with Crippen LogP contribution in [0.4, 0.5) is 5.69 Å². The highest BCUT2D eigenvalue weighted by Gasteiger charge is 2.22. The minimum absolute atomic E-state index is 0.118. The normalized spacial score (nSPS) is 14.6. The van der Waals surface area contributed by atoms with Gasteiger partial charge in [0, 0.05) is 40.4 Å². The number of anilines is 1. The SMILES string of the molecule is Cc1cc(=O)[nH]c(-c2cccc(NC(=O)c3cc(C)n(C4CCCCC4)c3C)c2)n1. The number of nitrogens with one attached hydrogen (secondary N) is 2. The molecule has 1 aliphatic carbocycles. The van der Waals surface area contributed by atoms with Crippen molar-refractivity contribution in [2.24, 2.45) is 0 Å². The Bertz CT molecular complexity index is 1140. The van der Waals surface area contributed by atoms with Crippen molar-refractivity contribution in [1.82, 2.24) is 14.5 Å². The zero-order valence-corrected chi connectivity index (χ0v) is 17.8. The molecule has 30 heavy (non-hydrogen) atoms. The number of hydrogen-bond donors (Lipinski definition) is 2. The monoisotopic (exact) mass is 404 g/mol. The number of aromatic nitrogens is 3. The summed E-state index contributed by atoms with van der Waals surface area (Å²) in [5.74, 6) is 0.375. The third kappa shape index (κ3) is 4.08. The zero-order chi connectivity index (χ0) is 21.3. The van der Waals surface area contributed by atoms with E-state index in [2.05, 4.69) is 26.8 Å². The fraction of sp³-hybridized carbons (Fsp3) is 0.375. The van der Waals surface area contributed by atoms with E-state index in [-0.39, 0.29) is 11.5 Å². The zero-order valence-electron chi connectivity index (χ0n) is 17.8. The average molecular weight is 405 g/mol. The van der Waals surface area contributed by atoms with Crippen LogP contribution in [-0.2, 0) is 0 Å². The maximum atomic E-state index is 13.0. The number of benzene rings is 1. The van der Waals surface area contributed by atoms with Gasteiger partial charge in [-0.3, -0.25) is 9.59 Å². The Kier molecular flexibility index (Phi) is 5.57. The van der Waals surface area contributed by atoms with Crippen molar-refractivity contribution in [3.05, 3.63) is 69.4 Å². The van der Waals surface area contributed by atoms with Crippen LogP contribution in [0.2, 0.25) is 0 Å². The molecule has 1 fully saturated rings. The molecule has 2 N–H and O–H groups in total. The summed E-state index contributed by atoms with van der Waals surface area (Å²) in [6.07, 6.45) is 6.18. The molecule has 6 heteroatoms. The van der Waals surface area contributed by atoms with E-state index < -0.39 is 0 Å². The molecule has 1 amide bonds.